The van der Waals surface area contributed by atoms with Gasteiger partial charge in [0.25, 0.3) is 5.91 Å². The molecule has 1 saturated heterocycles. The number of nitrogen functional groups attached to an aromatic ring is 1. The predicted octanol–water partition coefficient (Wildman–Crippen LogP) is 1.01. The first kappa shape index (κ1) is 18.9. The summed E-state index contributed by atoms with van der Waals surface area (Å²) in [6.45, 7) is 5.55. The minimum atomic E-state index is -0.273. The van der Waals surface area contributed by atoms with E-state index >= 15 is 0 Å². The zero-order chi connectivity index (χ0) is 19.1. The van der Waals surface area contributed by atoms with Crippen molar-refractivity contribution in [2.75, 3.05) is 57.0 Å². The molecule has 0 radical (unpaired) electrons. The van der Waals surface area contributed by atoms with Gasteiger partial charge in [0.2, 0.25) is 0 Å². The molecule has 0 atom stereocenters. The molecule has 0 aliphatic carbocycles. The fraction of sp³-hybridized carbons (Fsp3) is 0.421. The van der Waals surface area contributed by atoms with Crippen molar-refractivity contribution >= 4 is 17.4 Å². The van der Waals surface area contributed by atoms with Crippen LogP contribution < -0.4 is 20.7 Å². The quantitative estimate of drug-likeness (QED) is 0.702. The van der Waals surface area contributed by atoms with Gasteiger partial charge in [0.1, 0.15) is 5.75 Å². The van der Waals surface area contributed by atoms with Crippen molar-refractivity contribution in [2.45, 2.75) is 6.42 Å². The Morgan fingerprint density at radius 3 is 2.52 bits per heavy atom. The van der Waals surface area contributed by atoms with Crippen LogP contribution in [0.25, 0.3) is 0 Å². The third-order valence-electron chi connectivity index (χ3n) is 4.69. The van der Waals surface area contributed by atoms with Crippen molar-refractivity contribution in [3.63, 3.8) is 0 Å². The van der Waals surface area contributed by atoms with Crippen molar-refractivity contribution in [2.24, 2.45) is 0 Å². The molecule has 0 saturated carbocycles. The summed E-state index contributed by atoms with van der Waals surface area (Å²) in [4.78, 5) is 24.7. The average molecular weight is 370 g/mol. The number of benzene rings is 1. The number of nitrogens with zero attached hydrogens (tertiary/aromatic N) is 4. The Kier molecular flexibility index (Phi) is 6.43. The van der Waals surface area contributed by atoms with E-state index in [1.165, 1.54) is 18.1 Å². The fourth-order valence-electron chi connectivity index (χ4n) is 3.13. The highest BCUT2D eigenvalue weighted by molar-refractivity contribution is 5.96. The first-order chi connectivity index (χ1) is 13.2. The summed E-state index contributed by atoms with van der Waals surface area (Å²) in [5.74, 6) is 0.761. The van der Waals surface area contributed by atoms with Gasteiger partial charge in [-0.25, -0.2) is 9.97 Å². The molecule has 1 aliphatic heterocycles. The second-order valence-corrected chi connectivity index (χ2v) is 6.43. The highest BCUT2D eigenvalue weighted by atomic mass is 16.5. The largest absolute Gasteiger partial charge is 0.497 e. The lowest BCUT2D eigenvalue weighted by Gasteiger charge is -2.36. The van der Waals surface area contributed by atoms with Gasteiger partial charge in [0.15, 0.2) is 11.5 Å². The van der Waals surface area contributed by atoms with E-state index in [2.05, 4.69) is 37.2 Å². The number of nitrogens with one attached hydrogen (secondary N) is 1. The number of aromatic nitrogens is 2. The van der Waals surface area contributed by atoms with Gasteiger partial charge >= 0.3 is 0 Å². The van der Waals surface area contributed by atoms with Crippen LogP contribution in [-0.2, 0) is 0 Å². The zero-order valence-electron chi connectivity index (χ0n) is 15.6. The summed E-state index contributed by atoms with van der Waals surface area (Å²) < 4.78 is 5.21. The summed E-state index contributed by atoms with van der Waals surface area (Å²) in [6.07, 6.45) is 3.82. The molecule has 2 heterocycles. The van der Waals surface area contributed by atoms with Gasteiger partial charge in [-0.3, -0.25) is 9.69 Å². The van der Waals surface area contributed by atoms with Crippen LogP contribution in [0.15, 0.2) is 36.7 Å². The molecule has 0 unspecified atom stereocenters. The van der Waals surface area contributed by atoms with E-state index in [1.54, 1.807) is 7.11 Å². The Balaban J connectivity index is 1.36. The van der Waals surface area contributed by atoms with Crippen LogP contribution >= 0.6 is 0 Å². The standard InChI is InChI=1S/C19H26N6O2/c1-27-16-5-3-15(4-6-16)25-13-11-24(12-14-25)10-2-7-23-19(26)17-18(20)22-9-8-21-17/h3-6,8-9H,2,7,10-14H2,1H3,(H2,20,22)(H,23,26). The number of carbonyl (C=O) groups excluding carboxylic acids is 1. The minimum Gasteiger partial charge on any atom is -0.497 e. The van der Waals surface area contributed by atoms with Crippen LogP contribution in [0, 0.1) is 0 Å². The Morgan fingerprint density at radius 2 is 1.85 bits per heavy atom. The molecular formula is C19H26N6O2. The van der Waals surface area contributed by atoms with E-state index < -0.39 is 0 Å². The van der Waals surface area contributed by atoms with Crippen LogP contribution in [0.3, 0.4) is 0 Å². The molecule has 0 bridgehead atoms. The van der Waals surface area contributed by atoms with E-state index in [-0.39, 0.29) is 17.4 Å². The monoisotopic (exact) mass is 370 g/mol. The number of hydrogen-bond acceptors (Lipinski definition) is 7. The normalized spacial score (nSPS) is 14.8. The van der Waals surface area contributed by atoms with Crippen LogP contribution in [-0.4, -0.2) is 67.2 Å². The van der Waals surface area contributed by atoms with Crippen LogP contribution in [0.1, 0.15) is 16.9 Å². The Morgan fingerprint density at radius 1 is 1.15 bits per heavy atom. The average Bonchev–Trinajstić information content (AvgIpc) is 2.72. The van der Waals surface area contributed by atoms with Crippen LogP contribution in [0.5, 0.6) is 5.75 Å². The van der Waals surface area contributed by atoms with Crippen molar-refractivity contribution in [3.05, 3.63) is 42.4 Å². The van der Waals surface area contributed by atoms with E-state index in [4.69, 9.17) is 10.5 Å². The zero-order valence-corrected chi connectivity index (χ0v) is 15.6. The number of piperazine rings is 1. The lowest BCUT2D eigenvalue weighted by molar-refractivity contribution is 0.0947. The lowest BCUT2D eigenvalue weighted by Crippen LogP contribution is -2.47. The number of rotatable bonds is 7. The molecule has 2 aromatic rings. The molecule has 8 nitrogen and oxygen atoms in total. The maximum atomic E-state index is 12.0. The number of amides is 1. The Labute approximate surface area is 159 Å². The first-order valence-electron chi connectivity index (χ1n) is 9.13. The van der Waals surface area contributed by atoms with Gasteiger partial charge in [-0.15, -0.1) is 0 Å². The number of carbonyl (C=O) groups is 1. The molecule has 27 heavy (non-hydrogen) atoms. The van der Waals surface area contributed by atoms with Gasteiger partial charge in [-0.2, -0.15) is 0 Å². The van der Waals surface area contributed by atoms with E-state index in [0.29, 0.717) is 6.54 Å². The van der Waals surface area contributed by atoms with Gasteiger partial charge < -0.3 is 20.7 Å². The van der Waals surface area contributed by atoms with Crippen molar-refractivity contribution < 1.29 is 9.53 Å². The SMILES string of the molecule is COc1ccc(N2CCN(CCCNC(=O)c3nccnc3N)CC2)cc1. The van der Waals surface area contributed by atoms with Crippen LogP contribution in [0.2, 0.25) is 0 Å². The van der Waals surface area contributed by atoms with Crippen LogP contribution in [0.4, 0.5) is 11.5 Å². The molecule has 1 aliphatic rings. The molecular weight excluding hydrogens is 344 g/mol. The Bertz CT molecular complexity index is 744. The lowest BCUT2D eigenvalue weighted by atomic mass is 10.2. The van der Waals surface area contributed by atoms with Gasteiger partial charge in [0.05, 0.1) is 7.11 Å². The third-order valence-corrected chi connectivity index (χ3v) is 4.69. The number of ether oxygens (including phenoxy) is 1. The molecule has 1 fully saturated rings. The van der Waals surface area contributed by atoms with E-state index in [9.17, 15) is 4.79 Å². The minimum absolute atomic E-state index is 0.157. The topological polar surface area (TPSA) is 96.6 Å². The highest BCUT2D eigenvalue weighted by Gasteiger charge is 2.17. The predicted molar refractivity (Wildman–Crippen MR) is 105 cm³/mol. The summed E-state index contributed by atoms with van der Waals surface area (Å²) in [5, 5.41) is 2.85. The molecule has 1 aromatic heterocycles. The number of methoxy groups -OCH3 is 1. The number of nitrogens with two attached hydrogens (primary N) is 1. The van der Waals surface area contributed by atoms with Crippen molar-refractivity contribution in [1.82, 2.24) is 20.2 Å². The van der Waals surface area contributed by atoms with E-state index in [0.717, 1.165) is 44.9 Å². The second kappa shape index (κ2) is 9.18. The third kappa shape index (κ3) is 5.07. The van der Waals surface area contributed by atoms with Gasteiger partial charge in [0, 0.05) is 50.8 Å². The highest BCUT2D eigenvalue weighted by Crippen LogP contribution is 2.20. The molecule has 3 rings (SSSR count). The molecule has 1 amide bonds. The number of hydrogen-bond donors (Lipinski definition) is 2. The van der Waals surface area contributed by atoms with Gasteiger partial charge in [-0.1, -0.05) is 0 Å². The number of anilines is 2. The van der Waals surface area contributed by atoms with Crippen molar-refractivity contribution in [1.29, 1.82) is 0 Å². The summed E-state index contributed by atoms with van der Waals surface area (Å²) >= 11 is 0. The Hall–Kier alpha value is -2.87. The summed E-state index contributed by atoms with van der Waals surface area (Å²) in [5.41, 5.74) is 7.08. The summed E-state index contributed by atoms with van der Waals surface area (Å²) in [7, 11) is 1.68. The molecule has 1 aromatic carbocycles. The molecule has 144 valence electrons. The molecule has 0 spiro atoms. The maximum absolute atomic E-state index is 12.0. The fourth-order valence-corrected chi connectivity index (χ4v) is 3.13. The summed E-state index contributed by atoms with van der Waals surface area (Å²) in [6, 6.07) is 8.19. The maximum Gasteiger partial charge on any atom is 0.273 e. The van der Waals surface area contributed by atoms with E-state index in [1.807, 2.05) is 12.1 Å². The molecule has 3 N–H and O–H groups in total. The smallest absolute Gasteiger partial charge is 0.273 e. The first-order valence-corrected chi connectivity index (χ1v) is 9.13. The van der Waals surface area contributed by atoms with Crippen molar-refractivity contribution in [3.8, 4) is 5.75 Å². The second-order valence-electron chi connectivity index (χ2n) is 6.43. The molecule has 8 heteroatoms. The van der Waals surface area contributed by atoms with Gasteiger partial charge in [-0.05, 0) is 37.2 Å².